The minimum absolute atomic E-state index is 0.300. The molecular weight excluding hydrogens is 372 g/mol. The first kappa shape index (κ1) is 16.2. The number of carbonyl (C=O) groups excluding carboxylic acids is 1. The van der Waals surface area contributed by atoms with Crippen LogP contribution in [0.25, 0.3) is 0 Å². The number of aromatic nitrogens is 2. The highest BCUT2D eigenvalue weighted by Crippen LogP contribution is 2.23. The Morgan fingerprint density at radius 2 is 2.00 bits per heavy atom. The van der Waals surface area contributed by atoms with Crippen molar-refractivity contribution in [3.05, 3.63) is 64.1 Å². The number of hydrogen-bond donors (Lipinski definition) is 2. The van der Waals surface area contributed by atoms with E-state index in [1.807, 2.05) is 25.1 Å². The Bertz CT molecular complexity index is 875. The van der Waals surface area contributed by atoms with Crippen molar-refractivity contribution in [3.63, 3.8) is 0 Å². The molecule has 7 heteroatoms. The molecule has 0 fully saturated rings. The van der Waals surface area contributed by atoms with E-state index in [0.29, 0.717) is 17.3 Å². The van der Waals surface area contributed by atoms with Gasteiger partial charge in [0.2, 0.25) is 0 Å². The zero-order valence-corrected chi connectivity index (χ0v) is 14.7. The zero-order chi connectivity index (χ0) is 17.1. The number of hydrogen-bond acceptors (Lipinski definition) is 5. The van der Waals surface area contributed by atoms with E-state index in [4.69, 9.17) is 4.52 Å². The maximum Gasteiger partial charge on any atom is 0.275 e. The van der Waals surface area contributed by atoms with Gasteiger partial charge in [0, 0.05) is 16.2 Å². The summed E-state index contributed by atoms with van der Waals surface area (Å²) in [4.78, 5) is 16.3. The number of nitrogens with one attached hydrogen (secondary N) is 2. The van der Waals surface area contributed by atoms with Crippen LogP contribution in [0.5, 0.6) is 0 Å². The summed E-state index contributed by atoms with van der Waals surface area (Å²) in [5, 5.41) is 9.63. The predicted octanol–water partition coefficient (Wildman–Crippen LogP) is 4.44. The van der Waals surface area contributed by atoms with Gasteiger partial charge in [0.15, 0.2) is 5.82 Å². The third-order valence-electron chi connectivity index (χ3n) is 3.33. The van der Waals surface area contributed by atoms with Crippen LogP contribution in [0, 0.1) is 13.8 Å². The van der Waals surface area contributed by atoms with E-state index in [0.717, 1.165) is 21.4 Å². The molecule has 3 rings (SSSR count). The summed E-state index contributed by atoms with van der Waals surface area (Å²) in [7, 11) is 0. The normalized spacial score (nSPS) is 10.5. The first-order valence-electron chi connectivity index (χ1n) is 7.25. The van der Waals surface area contributed by atoms with Crippen LogP contribution in [0.4, 0.5) is 17.2 Å². The summed E-state index contributed by atoms with van der Waals surface area (Å²) in [6, 6.07) is 11.1. The molecule has 1 amide bonds. The average Bonchev–Trinajstić information content (AvgIpc) is 2.96. The molecule has 6 nitrogen and oxygen atoms in total. The minimum Gasteiger partial charge on any atom is -0.360 e. The Kier molecular flexibility index (Phi) is 4.61. The molecule has 2 N–H and O–H groups in total. The van der Waals surface area contributed by atoms with Gasteiger partial charge in [-0.25, -0.2) is 4.98 Å². The molecule has 2 heterocycles. The van der Waals surface area contributed by atoms with Crippen LogP contribution < -0.4 is 10.6 Å². The van der Waals surface area contributed by atoms with Gasteiger partial charge in [-0.15, -0.1) is 0 Å². The van der Waals surface area contributed by atoms with Crippen LogP contribution in [0.2, 0.25) is 0 Å². The second-order valence-electron chi connectivity index (χ2n) is 5.29. The van der Waals surface area contributed by atoms with Crippen molar-refractivity contribution in [1.29, 1.82) is 0 Å². The van der Waals surface area contributed by atoms with E-state index in [9.17, 15) is 4.79 Å². The van der Waals surface area contributed by atoms with Gasteiger partial charge in [-0.2, -0.15) is 0 Å². The standard InChI is InChI=1S/C17H15BrN4O2/c1-10-7-12(18)3-5-14(10)20-13-4-6-15(19-9-13)17(23)21-16-8-11(2)24-22-16/h3-9,20H,1-2H3,(H,21,22,23). The van der Waals surface area contributed by atoms with Crippen LogP contribution in [0.15, 0.2) is 51.6 Å². The summed E-state index contributed by atoms with van der Waals surface area (Å²) in [5.74, 6) is 0.657. The summed E-state index contributed by atoms with van der Waals surface area (Å²) in [5.41, 5.74) is 3.19. The van der Waals surface area contributed by atoms with Gasteiger partial charge in [0.05, 0.1) is 11.9 Å². The Labute approximate surface area is 147 Å². The number of pyridine rings is 1. The lowest BCUT2D eigenvalue weighted by molar-refractivity contribution is 0.102. The van der Waals surface area contributed by atoms with E-state index in [-0.39, 0.29) is 5.91 Å². The molecule has 122 valence electrons. The summed E-state index contributed by atoms with van der Waals surface area (Å²) in [6.45, 7) is 3.77. The van der Waals surface area contributed by atoms with Crippen LogP contribution in [-0.2, 0) is 0 Å². The molecule has 0 spiro atoms. The van der Waals surface area contributed by atoms with E-state index < -0.39 is 0 Å². The van der Waals surface area contributed by atoms with Crippen LogP contribution in [-0.4, -0.2) is 16.0 Å². The molecule has 1 aromatic carbocycles. The quantitative estimate of drug-likeness (QED) is 0.692. The van der Waals surface area contributed by atoms with Crippen molar-refractivity contribution in [1.82, 2.24) is 10.1 Å². The topological polar surface area (TPSA) is 80.0 Å². The number of amides is 1. The second kappa shape index (κ2) is 6.84. The molecule has 0 aliphatic heterocycles. The Hall–Kier alpha value is -2.67. The van der Waals surface area contributed by atoms with Gasteiger partial charge in [-0.1, -0.05) is 21.1 Å². The lowest BCUT2D eigenvalue weighted by Gasteiger charge is -2.10. The number of nitrogens with zero attached hydrogens (tertiary/aromatic N) is 2. The Morgan fingerprint density at radius 3 is 2.62 bits per heavy atom. The van der Waals surface area contributed by atoms with Crippen molar-refractivity contribution in [2.75, 3.05) is 10.6 Å². The largest absolute Gasteiger partial charge is 0.360 e. The van der Waals surface area contributed by atoms with Gasteiger partial charge in [0.25, 0.3) is 5.91 Å². The molecule has 0 bridgehead atoms. The molecule has 0 unspecified atom stereocenters. The minimum atomic E-state index is -0.338. The highest BCUT2D eigenvalue weighted by atomic mass is 79.9. The SMILES string of the molecule is Cc1cc(NC(=O)c2ccc(Nc3ccc(Br)cc3C)cn2)no1. The number of carbonyl (C=O) groups is 1. The van der Waals surface area contributed by atoms with Gasteiger partial charge in [-0.05, 0) is 49.7 Å². The lowest BCUT2D eigenvalue weighted by atomic mass is 10.2. The second-order valence-corrected chi connectivity index (χ2v) is 6.21. The van der Waals surface area contributed by atoms with Gasteiger partial charge >= 0.3 is 0 Å². The third kappa shape index (κ3) is 3.80. The van der Waals surface area contributed by atoms with Crippen LogP contribution in [0.3, 0.4) is 0 Å². The molecular formula is C17H15BrN4O2. The first-order valence-corrected chi connectivity index (χ1v) is 8.04. The molecule has 0 atom stereocenters. The maximum absolute atomic E-state index is 12.1. The summed E-state index contributed by atoms with van der Waals surface area (Å²) in [6.07, 6.45) is 1.62. The number of benzene rings is 1. The van der Waals surface area contributed by atoms with E-state index in [1.165, 1.54) is 0 Å². The van der Waals surface area contributed by atoms with Crippen LogP contribution >= 0.6 is 15.9 Å². The number of halogens is 1. The number of anilines is 3. The molecule has 0 aliphatic rings. The van der Waals surface area contributed by atoms with E-state index in [1.54, 1.807) is 31.3 Å². The Balaban J connectivity index is 1.69. The van der Waals surface area contributed by atoms with Crippen molar-refractivity contribution < 1.29 is 9.32 Å². The average molecular weight is 387 g/mol. The molecule has 0 saturated carbocycles. The van der Waals surface area contributed by atoms with E-state index >= 15 is 0 Å². The smallest absolute Gasteiger partial charge is 0.275 e. The first-order chi connectivity index (χ1) is 11.5. The van der Waals surface area contributed by atoms with Crippen molar-refractivity contribution >= 4 is 39.0 Å². The molecule has 0 aliphatic carbocycles. The summed E-state index contributed by atoms with van der Waals surface area (Å²) >= 11 is 3.44. The molecule has 0 saturated heterocycles. The molecule has 3 aromatic rings. The van der Waals surface area contributed by atoms with Crippen molar-refractivity contribution in [2.24, 2.45) is 0 Å². The van der Waals surface area contributed by atoms with Crippen LogP contribution in [0.1, 0.15) is 21.8 Å². The monoisotopic (exact) mass is 386 g/mol. The van der Waals surface area contributed by atoms with Crippen molar-refractivity contribution in [3.8, 4) is 0 Å². The number of aryl methyl sites for hydroxylation is 2. The lowest BCUT2D eigenvalue weighted by Crippen LogP contribution is -2.13. The van der Waals surface area contributed by atoms with Gasteiger partial charge in [-0.3, -0.25) is 4.79 Å². The molecule has 24 heavy (non-hydrogen) atoms. The summed E-state index contributed by atoms with van der Waals surface area (Å²) < 4.78 is 5.93. The maximum atomic E-state index is 12.1. The fourth-order valence-electron chi connectivity index (χ4n) is 2.13. The van der Waals surface area contributed by atoms with E-state index in [2.05, 4.69) is 36.7 Å². The predicted molar refractivity (Wildman–Crippen MR) is 95.6 cm³/mol. The fraction of sp³-hybridized carbons (Fsp3) is 0.118. The highest BCUT2D eigenvalue weighted by Gasteiger charge is 2.10. The Morgan fingerprint density at radius 1 is 1.17 bits per heavy atom. The third-order valence-corrected chi connectivity index (χ3v) is 3.83. The molecule has 0 radical (unpaired) electrons. The van der Waals surface area contributed by atoms with Gasteiger partial charge in [0.1, 0.15) is 11.5 Å². The zero-order valence-electron chi connectivity index (χ0n) is 13.1. The fourth-order valence-corrected chi connectivity index (χ4v) is 2.61. The van der Waals surface area contributed by atoms with Gasteiger partial charge < -0.3 is 15.2 Å². The van der Waals surface area contributed by atoms with Crippen molar-refractivity contribution in [2.45, 2.75) is 13.8 Å². The highest BCUT2D eigenvalue weighted by molar-refractivity contribution is 9.10. The number of rotatable bonds is 4. The molecule has 2 aromatic heterocycles.